The third kappa shape index (κ3) is 7.25. The molecule has 0 aliphatic rings. The highest BCUT2D eigenvalue weighted by Crippen LogP contribution is 2.15. The maximum absolute atomic E-state index is 12.8. The summed E-state index contributed by atoms with van der Waals surface area (Å²) in [4.78, 5) is 16.2. The Balaban J connectivity index is 1.35. The van der Waals surface area contributed by atoms with Gasteiger partial charge in [-0.2, -0.15) is 0 Å². The van der Waals surface area contributed by atoms with E-state index < -0.39 is 0 Å². The van der Waals surface area contributed by atoms with Gasteiger partial charge in [0.1, 0.15) is 23.9 Å². The lowest BCUT2D eigenvalue weighted by molar-refractivity contribution is -0.121. The molecule has 0 aliphatic heterocycles. The lowest BCUT2D eigenvalue weighted by Crippen LogP contribution is -2.23. The standard InChI is InChI=1S/C23H23FN2O3/c24-19-9-11-21(12-10-19)28-14-4-8-23(27)26-16-18-5-3-7-22(15-18)29-17-20-6-1-2-13-25-20/h1-3,5-7,9-13,15H,4,8,14,16-17H2,(H,26,27). The van der Waals surface area contributed by atoms with E-state index in [-0.39, 0.29) is 11.7 Å². The second kappa shape index (κ2) is 10.8. The predicted octanol–water partition coefficient (Wildman–Crippen LogP) is 4.28. The molecule has 2 aromatic carbocycles. The van der Waals surface area contributed by atoms with Gasteiger partial charge in [-0.15, -0.1) is 0 Å². The van der Waals surface area contributed by atoms with Crippen LogP contribution in [0.3, 0.4) is 0 Å². The number of rotatable bonds is 10. The number of nitrogens with one attached hydrogen (secondary N) is 1. The molecule has 0 fully saturated rings. The van der Waals surface area contributed by atoms with E-state index in [0.29, 0.717) is 38.3 Å². The van der Waals surface area contributed by atoms with Crippen molar-refractivity contribution in [1.29, 1.82) is 0 Å². The van der Waals surface area contributed by atoms with Crippen LogP contribution in [-0.2, 0) is 17.9 Å². The number of carbonyl (C=O) groups excluding carboxylic acids is 1. The van der Waals surface area contributed by atoms with E-state index in [0.717, 1.165) is 17.0 Å². The molecule has 0 spiro atoms. The molecule has 0 atom stereocenters. The number of ether oxygens (including phenoxy) is 2. The highest BCUT2D eigenvalue weighted by atomic mass is 19.1. The largest absolute Gasteiger partial charge is 0.494 e. The zero-order valence-electron chi connectivity index (χ0n) is 16.0. The quantitative estimate of drug-likeness (QED) is 0.522. The van der Waals surface area contributed by atoms with E-state index in [4.69, 9.17) is 9.47 Å². The molecule has 3 rings (SSSR count). The highest BCUT2D eigenvalue weighted by Gasteiger charge is 2.04. The van der Waals surface area contributed by atoms with Crippen molar-refractivity contribution in [3.05, 3.63) is 90.0 Å². The molecule has 0 aliphatic carbocycles. The normalized spacial score (nSPS) is 10.4. The summed E-state index contributed by atoms with van der Waals surface area (Å²) in [5.74, 6) is 0.972. The number of benzene rings is 2. The minimum Gasteiger partial charge on any atom is -0.494 e. The summed E-state index contributed by atoms with van der Waals surface area (Å²) in [6.07, 6.45) is 2.67. The first-order valence-electron chi connectivity index (χ1n) is 9.46. The van der Waals surface area contributed by atoms with E-state index in [1.165, 1.54) is 12.1 Å². The minimum absolute atomic E-state index is 0.0486. The van der Waals surface area contributed by atoms with Crippen LogP contribution in [0.15, 0.2) is 72.9 Å². The SMILES string of the molecule is O=C(CCCOc1ccc(F)cc1)NCc1cccc(OCc2ccccn2)c1. The Bertz CT molecular complexity index is 902. The van der Waals surface area contributed by atoms with E-state index in [2.05, 4.69) is 10.3 Å². The number of halogens is 1. The summed E-state index contributed by atoms with van der Waals surface area (Å²) < 4.78 is 24.1. The molecule has 1 aromatic heterocycles. The molecule has 1 heterocycles. The third-order valence-corrected chi connectivity index (χ3v) is 4.13. The molecule has 1 N–H and O–H groups in total. The van der Waals surface area contributed by atoms with Crippen molar-refractivity contribution in [2.75, 3.05) is 6.61 Å². The second-order valence-electron chi connectivity index (χ2n) is 6.44. The Labute approximate surface area is 169 Å². The van der Waals surface area contributed by atoms with Gasteiger partial charge in [0.15, 0.2) is 0 Å². The number of amides is 1. The molecule has 29 heavy (non-hydrogen) atoms. The third-order valence-electron chi connectivity index (χ3n) is 4.13. The van der Waals surface area contributed by atoms with Crippen molar-refractivity contribution in [3.63, 3.8) is 0 Å². The van der Waals surface area contributed by atoms with Crippen molar-refractivity contribution in [1.82, 2.24) is 10.3 Å². The number of hydrogen-bond donors (Lipinski definition) is 1. The van der Waals surface area contributed by atoms with Gasteiger partial charge in [0, 0.05) is 19.2 Å². The lowest BCUT2D eigenvalue weighted by Gasteiger charge is -2.09. The maximum Gasteiger partial charge on any atom is 0.220 e. The average Bonchev–Trinajstić information content (AvgIpc) is 2.76. The van der Waals surface area contributed by atoms with Crippen LogP contribution in [0.1, 0.15) is 24.1 Å². The van der Waals surface area contributed by atoms with Crippen molar-refractivity contribution < 1.29 is 18.7 Å². The smallest absolute Gasteiger partial charge is 0.220 e. The van der Waals surface area contributed by atoms with Crippen LogP contribution in [0, 0.1) is 5.82 Å². The van der Waals surface area contributed by atoms with Gasteiger partial charge in [-0.1, -0.05) is 18.2 Å². The van der Waals surface area contributed by atoms with Gasteiger partial charge >= 0.3 is 0 Å². The zero-order valence-corrected chi connectivity index (χ0v) is 16.0. The van der Waals surface area contributed by atoms with Gasteiger partial charge in [0.2, 0.25) is 5.91 Å². The Morgan fingerprint density at radius 1 is 0.966 bits per heavy atom. The summed E-state index contributed by atoms with van der Waals surface area (Å²) in [6.45, 7) is 1.22. The molecular weight excluding hydrogens is 371 g/mol. The number of pyridine rings is 1. The van der Waals surface area contributed by atoms with Crippen molar-refractivity contribution >= 4 is 5.91 Å². The van der Waals surface area contributed by atoms with Gasteiger partial charge in [0.25, 0.3) is 0 Å². The average molecular weight is 394 g/mol. The fourth-order valence-electron chi connectivity index (χ4n) is 2.63. The topological polar surface area (TPSA) is 60.5 Å². The van der Waals surface area contributed by atoms with Gasteiger partial charge in [-0.3, -0.25) is 9.78 Å². The zero-order chi connectivity index (χ0) is 20.3. The summed E-state index contributed by atoms with van der Waals surface area (Å²) in [5, 5.41) is 2.89. The highest BCUT2D eigenvalue weighted by molar-refractivity contribution is 5.75. The Kier molecular flexibility index (Phi) is 7.57. The first-order valence-corrected chi connectivity index (χ1v) is 9.46. The number of hydrogen-bond acceptors (Lipinski definition) is 4. The predicted molar refractivity (Wildman–Crippen MR) is 108 cm³/mol. The first-order chi connectivity index (χ1) is 14.2. The molecule has 3 aromatic rings. The van der Waals surface area contributed by atoms with Crippen LogP contribution in [-0.4, -0.2) is 17.5 Å². The molecule has 0 bridgehead atoms. The molecule has 1 amide bonds. The van der Waals surface area contributed by atoms with Crippen LogP contribution < -0.4 is 14.8 Å². The maximum atomic E-state index is 12.8. The number of nitrogens with zero attached hydrogens (tertiary/aromatic N) is 1. The fraction of sp³-hybridized carbons (Fsp3) is 0.217. The summed E-state index contributed by atoms with van der Waals surface area (Å²) in [7, 11) is 0. The molecule has 0 saturated carbocycles. The summed E-state index contributed by atoms with van der Waals surface area (Å²) in [5.41, 5.74) is 1.81. The molecule has 6 heteroatoms. The number of aromatic nitrogens is 1. The molecule has 0 saturated heterocycles. The Hall–Kier alpha value is -3.41. The second-order valence-corrected chi connectivity index (χ2v) is 6.44. The Morgan fingerprint density at radius 3 is 2.62 bits per heavy atom. The van der Waals surface area contributed by atoms with Crippen molar-refractivity contribution in [2.45, 2.75) is 26.0 Å². The van der Waals surface area contributed by atoms with Crippen LogP contribution in [0.4, 0.5) is 4.39 Å². The van der Waals surface area contributed by atoms with E-state index in [9.17, 15) is 9.18 Å². The molecule has 0 radical (unpaired) electrons. The monoisotopic (exact) mass is 394 g/mol. The number of carbonyl (C=O) groups is 1. The van der Waals surface area contributed by atoms with Crippen LogP contribution in [0.5, 0.6) is 11.5 Å². The minimum atomic E-state index is -0.303. The fourth-order valence-corrected chi connectivity index (χ4v) is 2.63. The summed E-state index contributed by atoms with van der Waals surface area (Å²) >= 11 is 0. The molecular formula is C23H23FN2O3. The molecule has 5 nitrogen and oxygen atoms in total. The van der Waals surface area contributed by atoms with Gasteiger partial charge in [-0.25, -0.2) is 4.39 Å². The van der Waals surface area contributed by atoms with E-state index in [1.54, 1.807) is 18.3 Å². The van der Waals surface area contributed by atoms with E-state index >= 15 is 0 Å². The molecule has 0 unspecified atom stereocenters. The van der Waals surface area contributed by atoms with Gasteiger partial charge in [-0.05, 0) is 60.5 Å². The van der Waals surface area contributed by atoms with Crippen molar-refractivity contribution in [3.8, 4) is 11.5 Å². The lowest BCUT2D eigenvalue weighted by atomic mass is 10.2. The van der Waals surface area contributed by atoms with Crippen LogP contribution in [0.2, 0.25) is 0 Å². The van der Waals surface area contributed by atoms with Gasteiger partial charge < -0.3 is 14.8 Å². The van der Waals surface area contributed by atoms with E-state index in [1.807, 2.05) is 42.5 Å². The first kappa shape index (κ1) is 20.3. The molecule has 150 valence electrons. The van der Waals surface area contributed by atoms with Crippen LogP contribution >= 0.6 is 0 Å². The summed E-state index contributed by atoms with van der Waals surface area (Å²) in [6, 6.07) is 19.1. The van der Waals surface area contributed by atoms with Gasteiger partial charge in [0.05, 0.1) is 12.3 Å². The van der Waals surface area contributed by atoms with Crippen LogP contribution in [0.25, 0.3) is 0 Å². The Morgan fingerprint density at radius 2 is 1.83 bits per heavy atom. The van der Waals surface area contributed by atoms with Crippen molar-refractivity contribution in [2.24, 2.45) is 0 Å².